The van der Waals surface area contributed by atoms with Gasteiger partial charge in [-0.05, 0) is 27.7 Å². The Hall–Kier alpha value is -1.25. The Kier molecular flexibility index (Phi) is 4.26. The molecule has 0 fully saturated rings. The van der Waals surface area contributed by atoms with Gasteiger partial charge in [0.25, 0.3) is 0 Å². The van der Waals surface area contributed by atoms with Crippen LogP contribution in [-0.2, 0) is 23.1 Å². The number of hydrogen-bond acceptors (Lipinski definition) is 5. The van der Waals surface area contributed by atoms with E-state index in [1.165, 1.54) is 11.3 Å². The quantitative estimate of drug-likeness (QED) is 0.912. The molecular formula is C12H18N4O2S2. The van der Waals surface area contributed by atoms with Crippen LogP contribution in [0.25, 0.3) is 0 Å². The fourth-order valence-corrected chi connectivity index (χ4v) is 4.13. The summed E-state index contributed by atoms with van der Waals surface area (Å²) in [7, 11) is -3.57. The van der Waals surface area contributed by atoms with Crippen molar-refractivity contribution in [1.82, 2.24) is 19.5 Å². The molecule has 0 spiro atoms. The summed E-state index contributed by atoms with van der Waals surface area (Å²) in [5.41, 5.74) is 1.91. The minimum atomic E-state index is -3.57. The highest BCUT2D eigenvalue weighted by molar-refractivity contribution is 7.89. The molecule has 0 amide bonds. The van der Waals surface area contributed by atoms with Gasteiger partial charge in [-0.2, -0.15) is 5.10 Å². The molecule has 2 rings (SSSR count). The van der Waals surface area contributed by atoms with Gasteiger partial charge in [0, 0.05) is 11.9 Å². The maximum absolute atomic E-state index is 12.4. The first-order valence-electron chi connectivity index (χ1n) is 6.29. The molecule has 0 atom stereocenters. The van der Waals surface area contributed by atoms with E-state index in [0.717, 1.165) is 10.7 Å². The van der Waals surface area contributed by atoms with Crippen LogP contribution >= 0.6 is 11.3 Å². The van der Waals surface area contributed by atoms with Crippen molar-refractivity contribution in [2.24, 2.45) is 0 Å². The molecule has 2 aromatic heterocycles. The van der Waals surface area contributed by atoms with Crippen molar-refractivity contribution < 1.29 is 8.42 Å². The molecule has 0 unspecified atom stereocenters. The third-order valence-electron chi connectivity index (χ3n) is 2.99. The summed E-state index contributed by atoms with van der Waals surface area (Å²) >= 11 is 1.50. The second-order valence-electron chi connectivity index (χ2n) is 4.50. The molecule has 2 heterocycles. The maximum atomic E-state index is 12.4. The molecule has 0 radical (unpaired) electrons. The first kappa shape index (κ1) is 15.1. The Morgan fingerprint density at radius 3 is 2.55 bits per heavy atom. The largest absolute Gasteiger partial charge is 0.268 e. The molecule has 0 aliphatic rings. The minimum Gasteiger partial charge on any atom is -0.268 e. The highest BCUT2D eigenvalue weighted by atomic mass is 32.2. The van der Waals surface area contributed by atoms with Gasteiger partial charge in [0.05, 0.1) is 28.6 Å². The molecule has 0 saturated carbocycles. The number of nitrogens with one attached hydrogen (secondary N) is 1. The van der Waals surface area contributed by atoms with E-state index < -0.39 is 10.0 Å². The number of aryl methyl sites for hydroxylation is 3. The third kappa shape index (κ3) is 2.92. The third-order valence-corrected chi connectivity index (χ3v) is 5.47. The van der Waals surface area contributed by atoms with Crippen molar-refractivity contribution in [3.8, 4) is 0 Å². The van der Waals surface area contributed by atoms with Gasteiger partial charge in [-0.1, -0.05) is 0 Å². The fraction of sp³-hybridized carbons (Fsp3) is 0.500. The topological polar surface area (TPSA) is 76.9 Å². The van der Waals surface area contributed by atoms with Crippen LogP contribution in [0.15, 0.2) is 10.3 Å². The summed E-state index contributed by atoms with van der Waals surface area (Å²) in [5.74, 6) is 0. The predicted octanol–water partition coefficient (Wildman–Crippen LogP) is 1.76. The molecule has 0 saturated heterocycles. The normalized spacial score (nSPS) is 12.0. The van der Waals surface area contributed by atoms with Crippen LogP contribution in [0.2, 0.25) is 0 Å². The Balaban J connectivity index is 2.24. The molecule has 20 heavy (non-hydrogen) atoms. The van der Waals surface area contributed by atoms with Crippen LogP contribution in [0, 0.1) is 20.8 Å². The van der Waals surface area contributed by atoms with Gasteiger partial charge >= 0.3 is 0 Å². The number of aromatic nitrogens is 3. The molecule has 110 valence electrons. The van der Waals surface area contributed by atoms with Crippen molar-refractivity contribution in [2.45, 2.75) is 45.7 Å². The zero-order chi connectivity index (χ0) is 14.9. The fourth-order valence-electron chi connectivity index (χ4n) is 2.11. The molecular weight excluding hydrogens is 296 g/mol. The van der Waals surface area contributed by atoms with E-state index in [9.17, 15) is 8.42 Å². The average molecular weight is 314 g/mol. The summed E-state index contributed by atoms with van der Waals surface area (Å²) in [6.07, 6.45) is 0. The smallest absolute Gasteiger partial charge is 0.244 e. The lowest BCUT2D eigenvalue weighted by Gasteiger charge is -2.06. The summed E-state index contributed by atoms with van der Waals surface area (Å²) in [5, 5.41) is 7.01. The minimum absolute atomic E-state index is 0.197. The highest BCUT2D eigenvalue weighted by Gasteiger charge is 2.24. The van der Waals surface area contributed by atoms with Gasteiger partial charge < -0.3 is 0 Å². The van der Waals surface area contributed by atoms with Gasteiger partial charge in [-0.25, -0.2) is 18.1 Å². The van der Waals surface area contributed by atoms with Crippen LogP contribution in [0.5, 0.6) is 0 Å². The summed E-state index contributed by atoms with van der Waals surface area (Å²) in [6, 6.07) is 0. The number of hydrogen-bond donors (Lipinski definition) is 1. The first-order chi connectivity index (χ1) is 9.35. The number of rotatable bonds is 5. The summed E-state index contributed by atoms with van der Waals surface area (Å²) in [4.78, 5) is 4.51. The van der Waals surface area contributed by atoms with Crippen LogP contribution in [-0.4, -0.2) is 23.2 Å². The van der Waals surface area contributed by atoms with E-state index >= 15 is 0 Å². The van der Waals surface area contributed by atoms with E-state index in [2.05, 4.69) is 14.8 Å². The monoisotopic (exact) mass is 314 g/mol. The highest BCUT2D eigenvalue weighted by Crippen LogP contribution is 2.19. The Morgan fingerprint density at radius 1 is 1.35 bits per heavy atom. The van der Waals surface area contributed by atoms with E-state index in [4.69, 9.17) is 0 Å². The second-order valence-corrected chi connectivity index (χ2v) is 7.26. The average Bonchev–Trinajstić information content (AvgIpc) is 2.91. The van der Waals surface area contributed by atoms with Gasteiger partial charge in [0.2, 0.25) is 10.0 Å². The van der Waals surface area contributed by atoms with Crippen LogP contribution in [0.1, 0.15) is 29.0 Å². The molecule has 1 N–H and O–H groups in total. The van der Waals surface area contributed by atoms with Crippen LogP contribution < -0.4 is 4.72 Å². The summed E-state index contributed by atoms with van der Waals surface area (Å²) in [6.45, 7) is 8.14. The lowest BCUT2D eigenvalue weighted by molar-refractivity contribution is 0.578. The molecule has 0 bridgehead atoms. The number of sulfonamides is 1. The van der Waals surface area contributed by atoms with E-state index in [1.54, 1.807) is 18.5 Å². The summed E-state index contributed by atoms with van der Waals surface area (Å²) < 4.78 is 29.1. The Labute approximate surface area is 122 Å². The molecule has 0 aliphatic heterocycles. The zero-order valence-electron chi connectivity index (χ0n) is 12.0. The van der Waals surface area contributed by atoms with E-state index in [1.807, 2.05) is 19.2 Å². The molecule has 6 nitrogen and oxygen atoms in total. The number of nitrogens with zero attached hydrogens (tertiary/aromatic N) is 3. The lowest BCUT2D eigenvalue weighted by Crippen LogP contribution is -2.24. The first-order valence-corrected chi connectivity index (χ1v) is 8.66. The van der Waals surface area contributed by atoms with Gasteiger partial charge in [0.1, 0.15) is 4.90 Å². The van der Waals surface area contributed by atoms with Gasteiger partial charge in [0.15, 0.2) is 0 Å². The standard InChI is InChI=1S/C12H18N4O2S2/c1-5-16-9(3)12(8(2)15-16)20(17,18)13-6-11-7-19-10(4)14-11/h7,13H,5-6H2,1-4H3. The van der Waals surface area contributed by atoms with Crippen LogP contribution in [0.3, 0.4) is 0 Å². The molecule has 0 aromatic carbocycles. The van der Waals surface area contributed by atoms with Gasteiger partial charge in [-0.15, -0.1) is 11.3 Å². The molecule has 0 aliphatic carbocycles. The Morgan fingerprint density at radius 2 is 2.05 bits per heavy atom. The van der Waals surface area contributed by atoms with Crippen molar-refractivity contribution in [1.29, 1.82) is 0 Å². The van der Waals surface area contributed by atoms with E-state index in [0.29, 0.717) is 17.9 Å². The predicted molar refractivity (Wildman–Crippen MR) is 78.3 cm³/mol. The van der Waals surface area contributed by atoms with Crippen molar-refractivity contribution in [3.63, 3.8) is 0 Å². The van der Waals surface area contributed by atoms with Crippen molar-refractivity contribution >= 4 is 21.4 Å². The SMILES string of the molecule is CCn1nc(C)c(S(=O)(=O)NCc2csc(C)n2)c1C. The maximum Gasteiger partial charge on any atom is 0.244 e. The molecule has 8 heteroatoms. The Bertz CT molecular complexity index is 716. The second kappa shape index (κ2) is 5.63. The van der Waals surface area contributed by atoms with E-state index in [-0.39, 0.29) is 11.4 Å². The van der Waals surface area contributed by atoms with Crippen molar-refractivity contribution in [2.75, 3.05) is 0 Å². The lowest BCUT2D eigenvalue weighted by atomic mass is 10.4. The number of thiazole rings is 1. The van der Waals surface area contributed by atoms with Crippen LogP contribution in [0.4, 0.5) is 0 Å². The van der Waals surface area contributed by atoms with Crippen molar-refractivity contribution in [3.05, 3.63) is 27.5 Å². The molecule has 2 aromatic rings. The van der Waals surface area contributed by atoms with Gasteiger partial charge in [-0.3, -0.25) is 4.68 Å². The zero-order valence-corrected chi connectivity index (χ0v) is 13.6.